The lowest BCUT2D eigenvalue weighted by atomic mass is 10.0. The molecule has 0 bridgehead atoms. The van der Waals surface area contributed by atoms with Crippen LogP contribution in [0.4, 0.5) is 0 Å². The van der Waals surface area contributed by atoms with Gasteiger partial charge >= 0.3 is 5.97 Å². The second kappa shape index (κ2) is 7.02. The number of benzene rings is 1. The number of nitrogens with zero attached hydrogens (tertiary/aromatic N) is 1. The molecule has 96 valence electrons. The minimum absolute atomic E-state index is 0.105. The van der Waals surface area contributed by atoms with E-state index in [1.807, 2.05) is 0 Å². The summed E-state index contributed by atoms with van der Waals surface area (Å²) in [4.78, 5) is 11.5. The highest BCUT2D eigenvalue weighted by molar-refractivity contribution is 9.08. The molecule has 0 spiro atoms. The summed E-state index contributed by atoms with van der Waals surface area (Å²) in [6, 6.07) is 5.54. The fourth-order valence-electron chi connectivity index (χ4n) is 1.58. The van der Waals surface area contributed by atoms with E-state index in [4.69, 9.17) is 14.7 Å². The number of halogens is 1. The molecule has 0 heterocycles. The van der Waals surface area contributed by atoms with Gasteiger partial charge in [-0.25, -0.2) is 0 Å². The minimum atomic E-state index is -0.328. The first kappa shape index (κ1) is 14.5. The average molecular weight is 312 g/mol. The minimum Gasteiger partial charge on any atom is -0.496 e. The van der Waals surface area contributed by atoms with Gasteiger partial charge in [0.15, 0.2) is 0 Å². The van der Waals surface area contributed by atoms with Crippen LogP contribution in [-0.2, 0) is 21.3 Å². The van der Waals surface area contributed by atoms with Gasteiger partial charge in [0.05, 0.1) is 31.8 Å². The molecule has 1 rings (SSSR count). The van der Waals surface area contributed by atoms with Crippen LogP contribution in [0.3, 0.4) is 0 Å². The SMILES string of the molecule is CCOC(=O)Cc1cc(C#N)c(CBr)cc1OC. The van der Waals surface area contributed by atoms with E-state index in [0.717, 1.165) is 5.56 Å². The number of carbonyl (C=O) groups excluding carboxylic acids is 1. The summed E-state index contributed by atoms with van der Waals surface area (Å²) >= 11 is 3.31. The molecule has 0 N–H and O–H groups in total. The van der Waals surface area contributed by atoms with Gasteiger partial charge in [0, 0.05) is 10.9 Å². The summed E-state index contributed by atoms with van der Waals surface area (Å²) < 4.78 is 10.1. The maximum absolute atomic E-state index is 11.5. The van der Waals surface area contributed by atoms with Crippen molar-refractivity contribution in [2.24, 2.45) is 0 Å². The van der Waals surface area contributed by atoms with Crippen molar-refractivity contribution in [3.05, 3.63) is 28.8 Å². The third-order valence-electron chi connectivity index (χ3n) is 2.41. The van der Waals surface area contributed by atoms with E-state index < -0.39 is 0 Å². The first-order valence-corrected chi connectivity index (χ1v) is 6.59. The number of nitriles is 1. The maximum Gasteiger partial charge on any atom is 0.310 e. The van der Waals surface area contributed by atoms with Gasteiger partial charge in [0.2, 0.25) is 0 Å². The third kappa shape index (κ3) is 3.47. The van der Waals surface area contributed by atoms with Gasteiger partial charge in [0.1, 0.15) is 5.75 Å². The number of hydrogen-bond donors (Lipinski definition) is 0. The van der Waals surface area contributed by atoms with Crippen molar-refractivity contribution in [2.75, 3.05) is 13.7 Å². The molecule has 1 aromatic rings. The lowest BCUT2D eigenvalue weighted by Crippen LogP contribution is -2.09. The Labute approximate surface area is 115 Å². The molecule has 1 aromatic carbocycles. The number of rotatable bonds is 5. The molecule has 0 aliphatic heterocycles. The molecule has 18 heavy (non-hydrogen) atoms. The highest BCUT2D eigenvalue weighted by Gasteiger charge is 2.13. The predicted molar refractivity (Wildman–Crippen MR) is 70.7 cm³/mol. The number of esters is 1. The summed E-state index contributed by atoms with van der Waals surface area (Å²) in [5.74, 6) is 0.266. The molecule has 0 amide bonds. The van der Waals surface area contributed by atoms with Crippen molar-refractivity contribution >= 4 is 21.9 Å². The van der Waals surface area contributed by atoms with E-state index in [1.165, 1.54) is 7.11 Å². The Hall–Kier alpha value is -1.54. The number of alkyl halides is 1. The molecule has 0 aromatic heterocycles. The lowest BCUT2D eigenvalue weighted by Gasteiger charge is -2.11. The summed E-state index contributed by atoms with van der Waals surface area (Å²) in [5.41, 5.74) is 2.03. The van der Waals surface area contributed by atoms with Crippen molar-refractivity contribution in [1.29, 1.82) is 5.26 Å². The molecular formula is C13H14BrNO3. The van der Waals surface area contributed by atoms with Crippen molar-refractivity contribution in [2.45, 2.75) is 18.7 Å². The zero-order valence-corrected chi connectivity index (χ0v) is 11.9. The first-order valence-electron chi connectivity index (χ1n) is 5.47. The van der Waals surface area contributed by atoms with E-state index >= 15 is 0 Å². The molecule has 5 heteroatoms. The van der Waals surface area contributed by atoms with Gasteiger partial charge in [-0.05, 0) is 24.6 Å². The van der Waals surface area contributed by atoms with Crippen molar-refractivity contribution in [3.63, 3.8) is 0 Å². The topological polar surface area (TPSA) is 59.3 Å². The Kier molecular flexibility index (Phi) is 5.66. The molecule has 4 nitrogen and oxygen atoms in total. The third-order valence-corrected chi connectivity index (χ3v) is 3.01. The van der Waals surface area contributed by atoms with Crippen LogP contribution in [-0.4, -0.2) is 19.7 Å². The van der Waals surface area contributed by atoms with Crippen LogP contribution in [0.15, 0.2) is 12.1 Å². The number of hydrogen-bond acceptors (Lipinski definition) is 4. The van der Waals surface area contributed by atoms with Crippen LogP contribution in [0, 0.1) is 11.3 Å². The Bertz CT molecular complexity index is 480. The molecule has 0 unspecified atom stereocenters. The summed E-state index contributed by atoms with van der Waals surface area (Å²) in [6.45, 7) is 2.09. The average Bonchev–Trinajstić information content (AvgIpc) is 2.38. The molecule has 0 fully saturated rings. The van der Waals surface area contributed by atoms with Crippen LogP contribution < -0.4 is 4.74 Å². The van der Waals surface area contributed by atoms with Crippen LogP contribution >= 0.6 is 15.9 Å². The molecular weight excluding hydrogens is 298 g/mol. The standard InChI is InChI=1S/C13H14BrNO3/c1-3-18-13(16)6-9-4-11(8-15)10(7-14)5-12(9)17-2/h4-5H,3,6-7H2,1-2H3. The van der Waals surface area contributed by atoms with Gasteiger partial charge in [-0.2, -0.15) is 5.26 Å². The first-order chi connectivity index (χ1) is 8.65. The van der Waals surface area contributed by atoms with Gasteiger partial charge in [0.25, 0.3) is 0 Å². The molecule has 0 saturated heterocycles. The summed E-state index contributed by atoms with van der Waals surface area (Å²) in [5, 5.41) is 9.61. The normalized spacial score (nSPS) is 9.67. The van der Waals surface area contributed by atoms with Crippen molar-refractivity contribution in [1.82, 2.24) is 0 Å². The predicted octanol–water partition coefficient (Wildman–Crippen LogP) is 2.57. The van der Waals surface area contributed by atoms with Crippen LogP contribution in [0.25, 0.3) is 0 Å². The van der Waals surface area contributed by atoms with E-state index in [1.54, 1.807) is 19.1 Å². The van der Waals surface area contributed by atoms with Crippen LogP contribution in [0.1, 0.15) is 23.6 Å². The monoisotopic (exact) mass is 311 g/mol. The number of methoxy groups -OCH3 is 1. The van der Waals surface area contributed by atoms with Gasteiger partial charge in [-0.3, -0.25) is 4.79 Å². The number of ether oxygens (including phenoxy) is 2. The second-order valence-corrected chi connectivity index (χ2v) is 4.11. The molecule has 0 saturated carbocycles. The van der Waals surface area contributed by atoms with E-state index in [2.05, 4.69) is 22.0 Å². The summed E-state index contributed by atoms with van der Waals surface area (Å²) in [6.07, 6.45) is 0.105. The van der Waals surface area contributed by atoms with E-state index in [9.17, 15) is 4.79 Å². The Morgan fingerprint density at radius 3 is 2.67 bits per heavy atom. The quantitative estimate of drug-likeness (QED) is 0.619. The van der Waals surface area contributed by atoms with Crippen molar-refractivity contribution < 1.29 is 14.3 Å². The Morgan fingerprint density at radius 2 is 2.17 bits per heavy atom. The van der Waals surface area contributed by atoms with Crippen molar-refractivity contribution in [3.8, 4) is 11.8 Å². The smallest absolute Gasteiger partial charge is 0.310 e. The van der Waals surface area contributed by atoms with Gasteiger partial charge in [-0.1, -0.05) is 15.9 Å². The summed E-state index contributed by atoms with van der Waals surface area (Å²) in [7, 11) is 1.54. The largest absolute Gasteiger partial charge is 0.496 e. The molecule has 0 aliphatic carbocycles. The van der Waals surface area contributed by atoms with Gasteiger partial charge in [-0.15, -0.1) is 0 Å². The highest BCUT2D eigenvalue weighted by atomic mass is 79.9. The highest BCUT2D eigenvalue weighted by Crippen LogP contribution is 2.25. The lowest BCUT2D eigenvalue weighted by molar-refractivity contribution is -0.142. The Morgan fingerprint density at radius 1 is 1.44 bits per heavy atom. The maximum atomic E-state index is 11.5. The van der Waals surface area contributed by atoms with E-state index in [0.29, 0.717) is 28.8 Å². The number of carbonyl (C=O) groups is 1. The van der Waals surface area contributed by atoms with Crippen LogP contribution in [0.5, 0.6) is 5.75 Å². The fourth-order valence-corrected chi connectivity index (χ4v) is 2.04. The zero-order chi connectivity index (χ0) is 13.5. The van der Waals surface area contributed by atoms with E-state index in [-0.39, 0.29) is 12.4 Å². The molecule has 0 atom stereocenters. The molecule has 0 radical (unpaired) electrons. The Balaban J connectivity index is 3.10. The zero-order valence-electron chi connectivity index (χ0n) is 10.3. The second-order valence-electron chi connectivity index (χ2n) is 3.55. The molecule has 0 aliphatic rings. The van der Waals surface area contributed by atoms with Gasteiger partial charge < -0.3 is 9.47 Å². The van der Waals surface area contributed by atoms with Crippen LogP contribution in [0.2, 0.25) is 0 Å². The fraction of sp³-hybridized carbons (Fsp3) is 0.385.